The molecule has 0 aliphatic carbocycles. The molecular formula is C22H25N3O3. The number of hydrogen-bond donors (Lipinski definition) is 0. The molecule has 3 aromatic rings. The van der Waals surface area contributed by atoms with Crippen molar-refractivity contribution in [1.29, 1.82) is 0 Å². The van der Waals surface area contributed by atoms with E-state index in [9.17, 15) is 9.59 Å². The van der Waals surface area contributed by atoms with Gasteiger partial charge in [-0.1, -0.05) is 0 Å². The molecule has 28 heavy (non-hydrogen) atoms. The molecule has 2 aromatic heterocycles. The van der Waals surface area contributed by atoms with Crippen molar-refractivity contribution < 1.29 is 14.3 Å². The lowest BCUT2D eigenvalue weighted by Gasteiger charge is -2.12. The maximum absolute atomic E-state index is 12.3. The first-order valence-electron chi connectivity index (χ1n) is 9.43. The van der Waals surface area contributed by atoms with Crippen molar-refractivity contribution in [2.24, 2.45) is 0 Å². The van der Waals surface area contributed by atoms with Crippen molar-refractivity contribution in [2.45, 2.75) is 53.5 Å². The lowest BCUT2D eigenvalue weighted by molar-refractivity contribution is -0.134. The van der Waals surface area contributed by atoms with Crippen LogP contribution in [-0.2, 0) is 11.2 Å². The molecule has 6 nitrogen and oxygen atoms in total. The van der Waals surface area contributed by atoms with Crippen LogP contribution in [-0.4, -0.2) is 26.5 Å². The molecule has 0 aliphatic rings. The fourth-order valence-electron chi connectivity index (χ4n) is 3.31. The van der Waals surface area contributed by atoms with Gasteiger partial charge in [0, 0.05) is 22.7 Å². The van der Waals surface area contributed by atoms with Crippen molar-refractivity contribution in [1.82, 2.24) is 14.8 Å². The van der Waals surface area contributed by atoms with E-state index in [1.54, 1.807) is 24.3 Å². The lowest BCUT2D eigenvalue weighted by Crippen LogP contribution is -2.11. The standard InChI is InChI=1S/C22H25N3O3/c1-13(2)25-22-20(12-23-25)14(3)19(15(4)24-22)10-11-21(27)28-18-8-6-17(7-9-18)16(5)26/h6-9,12-13H,10-11H2,1-5H3. The number of carbonyl (C=O) groups excluding carboxylic acids is 2. The van der Waals surface area contributed by atoms with Gasteiger partial charge in [-0.15, -0.1) is 0 Å². The Labute approximate surface area is 164 Å². The highest BCUT2D eigenvalue weighted by Gasteiger charge is 2.16. The normalized spacial score (nSPS) is 11.2. The lowest BCUT2D eigenvalue weighted by atomic mass is 10.0. The van der Waals surface area contributed by atoms with Gasteiger partial charge in [0.1, 0.15) is 5.75 Å². The van der Waals surface area contributed by atoms with Crippen molar-refractivity contribution in [3.8, 4) is 5.75 Å². The molecule has 146 valence electrons. The molecule has 0 bridgehead atoms. The maximum Gasteiger partial charge on any atom is 0.311 e. The zero-order valence-corrected chi connectivity index (χ0v) is 16.9. The molecule has 0 saturated carbocycles. The summed E-state index contributed by atoms with van der Waals surface area (Å²) >= 11 is 0. The number of rotatable bonds is 6. The Morgan fingerprint density at radius 1 is 1.14 bits per heavy atom. The Morgan fingerprint density at radius 2 is 1.82 bits per heavy atom. The quantitative estimate of drug-likeness (QED) is 0.361. The van der Waals surface area contributed by atoms with Crippen molar-refractivity contribution in [3.05, 3.63) is 52.8 Å². The molecule has 0 fully saturated rings. The number of aromatic nitrogens is 3. The topological polar surface area (TPSA) is 74.1 Å². The van der Waals surface area contributed by atoms with Crippen LogP contribution in [0.1, 0.15) is 60.4 Å². The fourth-order valence-corrected chi connectivity index (χ4v) is 3.31. The number of carbonyl (C=O) groups is 2. The van der Waals surface area contributed by atoms with E-state index in [1.807, 2.05) is 24.7 Å². The molecule has 0 saturated heterocycles. The second-order valence-corrected chi connectivity index (χ2v) is 7.28. The summed E-state index contributed by atoms with van der Waals surface area (Å²) in [6, 6.07) is 6.82. The van der Waals surface area contributed by atoms with Crippen molar-refractivity contribution in [3.63, 3.8) is 0 Å². The fraction of sp³-hybridized carbons (Fsp3) is 0.364. The predicted octanol–water partition coefficient (Wildman–Crippen LogP) is 4.37. The first-order valence-corrected chi connectivity index (χ1v) is 9.43. The van der Waals surface area contributed by atoms with E-state index < -0.39 is 0 Å². The molecule has 2 heterocycles. The van der Waals surface area contributed by atoms with Crippen LogP contribution in [0.3, 0.4) is 0 Å². The van der Waals surface area contributed by atoms with Gasteiger partial charge in [-0.05, 0) is 76.4 Å². The number of fused-ring (bicyclic) bond motifs is 1. The smallest absolute Gasteiger partial charge is 0.311 e. The summed E-state index contributed by atoms with van der Waals surface area (Å²) in [5, 5.41) is 5.46. The van der Waals surface area contributed by atoms with Crippen LogP contribution in [0, 0.1) is 13.8 Å². The van der Waals surface area contributed by atoms with Crippen LogP contribution in [0.15, 0.2) is 30.5 Å². The Kier molecular flexibility index (Phi) is 5.58. The number of Topliss-reactive ketones (excluding diaryl/α,β-unsaturated/α-hetero) is 1. The van der Waals surface area contributed by atoms with Crippen LogP contribution in [0.25, 0.3) is 11.0 Å². The number of nitrogens with zero attached hydrogens (tertiary/aromatic N) is 3. The minimum Gasteiger partial charge on any atom is -0.427 e. The molecule has 0 amide bonds. The van der Waals surface area contributed by atoms with Crippen LogP contribution in [0.4, 0.5) is 0 Å². The van der Waals surface area contributed by atoms with Crippen molar-refractivity contribution >= 4 is 22.8 Å². The van der Waals surface area contributed by atoms with Gasteiger partial charge < -0.3 is 4.74 Å². The summed E-state index contributed by atoms with van der Waals surface area (Å²) in [6.45, 7) is 9.66. The number of ketones is 1. The second-order valence-electron chi connectivity index (χ2n) is 7.28. The van der Waals surface area contributed by atoms with E-state index >= 15 is 0 Å². The highest BCUT2D eigenvalue weighted by atomic mass is 16.5. The molecule has 1 aromatic carbocycles. The average molecular weight is 379 g/mol. The zero-order valence-electron chi connectivity index (χ0n) is 16.9. The molecule has 3 rings (SSSR count). The van der Waals surface area contributed by atoms with E-state index in [4.69, 9.17) is 9.72 Å². The molecular weight excluding hydrogens is 354 g/mol. The van der Waals surface area contributed by atoms with Crippen LogP contribution in [0.2, 0.25) is 0 Å². The van der Waals surface area contributed by atoms with Crippen LogP contribution >= 0.6 is 0 Å². The Balaban J connectivity index is 1.72. The minimum absolute atomic E-state index is 0.0208. The Bertz CT molecular complexity index is 1030. The third kappa shape index (κ3) is 3.96. The number of pyridine rings is 1. The van der Waals surface area contributed by atoms with Gasteiger partial charge in [-0.25, -0.2) is 9.67 Å². The van der Waals surface area contributed by atoms with Gasteiger partial charge >= 0.3 is 5.97 Å². The molecule has 0 spiro atoms. The van der Waals surface area contributed by atoms with Gasteiger partial charge in [0.25, 0.3) is 0 Å². The third-order valence-electron chi connectivity index (χ3n) is 4.90. The molecule has 0 unspecified atom stereocenters. The minimum atomic E-state index is -0.313. The summed E-state index contributed by atoms with van der Waals surface area (Å²) in [5.74, 6) is 0.107. The largest absolute Gasteiger partial charge is 0.427 e. The highest BCUT2D eigenvalue weighted by molar-refractivity contribution is 5.94. The van der Waals surface area contributed by atoms with E-state index in [2.05, 4.69) is 18.9 Å². The van der Waals surface area contributed by atoms with Crippen LogP contribution < -0.4 is 4.74 Å². The monoisotopic (exact) mass is 379 g/mol. The predicted molar refractivity (Wildman–Crippen MR) is 108 cm³/mol. The van der Waals surface area contributed by atoms with E-state index in [0.717, 1.165) is 27.9 Å². The summed E-state index contributed by atoms with van der Waals surface area (Å²) < 4.78 is 7.30. The summed E-state index contributed by atoms with van der Waals surface area (Å²) in [4.78, 5) is 28.3. The van der Waals surface area contributed by atoms with Gasteiger partial charge in [-0.2, -0.15) is 5.10 Å². The maximum atomic E-state index is 12.3. The van der Waals surface area contributed by atoms with Gasteiger partial charge in [-0.3, -0.25) is 9.59 Å². The first-order chi connectivity index (χ1) is 13.3. The number of aryl methyl sites for hydroxylation is 2. The van der Waals surface area contributed by atoms with E-state index in [-0.39, 0.29) is 24.2 Å². The number of benzene rings is 1. The second kappa shape index (κ2) is 7.92. The van der Waals surface area contributed by atoms with Crippen molar-refractivity contribution in [2.75, 3.05) is 0 Å². The molecule has 6 heteroatoms. The summed E-state index contributed by atoms with van der Waals surface area (Å²) in [5.41, 5.74) is 4.54. The summed E-state index contributed by atoms with van der Waals surface area (Å²) in [7, 11) is 0. The number of esters is 1. The molecule has 0 radical (unpaired) electrons. The van der Waals surface area contributed by atoms with E-state index in [1.165, 1.54) is 6.92 Å². The number of hydrogen-bond acceptors (Lipinski definition) is 5. The van der Waals surface area contributed by atoms with Crippen LogP contribution in [0.5, 0.6) is 5.75 Å². The molecule has 0 aliphatic heterocycles. The Hall–Kier alpha value is -3.02. The average Bonchev–Trinajstić information content (AvgIpc) is 3.06. The molecule has 0 N–H and O–H groups in total. The highest BCUT2D eigenvalue weighted by Crippen LogP contribution is 2.25. The third-order valence-corrected chi connectivity index (χ3v) is 4.90. The van der Waals surface area contributed by atoms with Gasteiger partial charge in [0.15, 0.2) is 11.4 Å². The van der Waals surface area contributed by atoms with Gasteiger partial charge in [0.05, 0.1) is 12.6 Å². The van der Waals surface area contributed by atoms with Gasteiger partial charge in [0.2, 0.25) is 0 Å². The SMILES string of the molecule is CC(=O)c1ccc(OC(=O)CCc2c(C)nc3c(cnn3C(C)C)c2C)cc1. The summed E-state index contributed by atoms with van der Waals surface area (Å²) in [6.07, 6.45) is 2.65. The first kappa shape index (κ1) is 19.7. The van der Waals surface area contributed by atoms with E-state index in [0.29, 0.717) is 17.7 Å². The zero-order chi connectivity index (χ0) is 20.4. The molecule has 0 atom stereocenters. The Morgan fingerprint density at radius 3 is 2.43 bits per heavy atom. The number of ether oxygens (including phenoxy) is 1.